The zero-order valence-corrected chi connectivity index (χ0v) is 48.2. The first-order valence-corrected chi connectivity index (χ1v) is 29.7. The number of hydrogen-bond acceptors (Lipinski definition) is 3. The third-order valence-electron chi connectivity index (χ3n) is 21.3. The third-order valence-corrected chi connectivity index (χ3v) is 21.3. The zero-order chi connectivity index (χ0) is 54.6. The molecule has 394 valence electrons. The molecule has 0 radical (unpaired) electrons. The lowest BCUT2D eigenvalue weighted by Gasteiger charge is -2.55. The van der Waals surface area contributed by atoms with Crippen molar-refractivity contribution in [1.29, 1.82) is 0 Å². The highest BCUT2D eigenvalue weighted by Gasteiger charge is 2.53. The van der Waals surface area contributed by atoms with E-state index >= 15 is 0 Å². The van der Waals surface area contributed by atoms with Crippen molar-refractivity contribution in [3.05, 3.63) is 244 Å². The molecule has 10 aromatic carbocycles. The Labute approximate surface area is 473 Å². The van der Waals surface area contributed by atoms with E-state index in [9.17, 15) is 0 Å². The Morgan fingerprint density at radius 1 is 0.325 bits per heavy atom. The molecule has 0 saturated heterocycles. The summed E-state index contributed by atoms with van der Waals surface area (Å²) < 4.78 is 0. The molecular formula is C77H71N3. The van der Waals surface area contributed by atoms with Crippen molar-refractivity contribution < 1.29 is 0 Å². The van der Waals surface area contributed by atoms with Gasteiger partial charge in [-0.05, 0) is 191 Å². The average Bonchev–Trinajstić information content (AvgIpc) is 2.93. The summed E-state index contributed by atoms with van der Waals surface area (Å²) in [6.45, 7) is 24.9. The van der Waals surface area contributed by atoms with Gasteiger partial charge in [-0.2, -0.15) is 0 Å². The normalized spacial score (nSPS) is 19.9. The van der Waals surface area contributed by atoms with Crippen molar-refractivity contribution >= 4 is 72.7 Å². The van der Waals surface area contributed by atoms with Crippen LogP contribution in [0.4, 0.5) is 51.2 Å². The Kier molecular flexibility index (Phi) is 9.71. The number of nitrogens with zero attached hydrogens (tertiary/aromatic N) is 3. The predicted octanol–water partition coefficient (Wildman–Crippen LogP) is 21.2. The van der Waals surface area contributed by atoms with Crippen LogP contribution in [0.25, 0.3) is 32.7 Å². The first-order chi connectivity index (χ1) is 38.4. The maximum atomic E-state index is 2.74. The van der Waals surface area contributed by atoms with Gasteiger partial charge in [0.2, 0.25) is 0 Å². The number of hydrogen-bond donors (Lipinski definition) is 0. The SMILES string of the molecule is CC1(C)c2ccccc2-c2ccc(N(c3cc4c5c(c3)C(C)(C)c3cc(N(c6ccc7c(c6)C(C)(C)C6CCCCC76)c6ccc7ccccc7c6)cc6c3N5c3c(cccc3C6(C)C)C4(C)C)c3ccc4ccccc4c3)cc21. The summed E-state index contributed by atoms with van der Waals surface area (Å²) in [6.07, 6.45) is 5.29. The summed E-state index contributed by atoms with van der Waals surface area (Å²) in [6, 6.07) is 73.3. The maximum absolute atomic E-state index is 2.74. The van der Waals surface area contributed by atoms with E-state index in [1.165, 1.54) is 154 Å². The van der Waals surface area contributed by atoms with Crippen LogP contribution in [0.2, 0.25) is 0 Å². The largest absolute Gasteiger partial charge is 0.310 e. The van der Waals surface area contributed by atoms with Crippen molar-refractivity contribution in [2.75, 3.05) is 14.7 Å². The molecule has 16 rings (SSSR count). The van der Waals surface area contributed by atoms with Gasteiger partial charge in [-0.1, -0.05) is 197 Å². The van der Waals surface area contributed by atoms with Gasteiger partial charge >= 0.3 is 0 Å². The summed E-state index contributed by atoms with van der Waals surface area (Å²) in [7, 11) is 0. The Bertz CT molecular complexity index is 4330. The van der Waals surface area contributed by atoms with E-state index in [2.05, 4.69) is 272 Å². The molecule has 3 aliphatic carbocycles. The van der Waals surface area contributed by atoms with Gasteiger partial charge in [-0.25, -0.2) is 0 Å². The molecular weight excluding hydrogens is 967 g/mol. The first kappa shape index (κ1) is 48.1. The zero-order valence-electron chi connectivity index (χ0n) is 48.2. The Morgan fingerprint density at radius 3 is 1.30 bits per heavy atom. The van der Waals surface area contributed by atoms with Crippen LogP contribution in [0.3, 0.4) is 0 Å². The average molecular weight is 1040 g/mol. The maximum Gasteiger partial charge on any atom is 0.0545 e. The van der Waals surface area contributed by atoms with Crippen molar-refractivity contribution in [2.24, 2.45) is 5.92 Å². The molecule has 1 fully saturated rings. The van der Waals surface area contributed by atoms with E-state index < -0.39 is 5.41 Å². The van der Waals surface area contributed by atoms with Crippen molar-refractivity contribution in [3.63, 3.8) is 0 Å². The summed E-state index contributed by atoms with van der Waals surface area (Å²) in [4.78, 5) is 7.93. The molecule has 0 aromatic heterocycles. The van der Waals surface area contributed by atoms with Gasteiger partial charge < -0.3 is 14.7 Å². The predicted molar refractivity (Wildman–Crippen MR) is 337 cm³/mol. The van der Waals surface area contributed by atoms with Gasteiger partial charge in [0.15, 0.2) is 0 Å². The van der Waals surface area contributed by atoms with Crippen LogP contribution in [-0.4, -0.2) is 0 Å². The first-order valence-electron chi connectivity index (χ1n) is 29.7. The molecule has 3 heteroatoms. The monoisotopic (exact) mass is 1040 g/mol. The van der Waals surface area contributed by atoms with Gasteiger partial charge in [0.05, 0.1) is 17.1 Å². The number of benzene rings is 10. The van der Waals surface area contributed by atoms with Crippen LogP contribution in [0.15, 0.2) is 188 Å². The number of fused-ring (bicyclic) bond motifs is 8. The number of para-hydroxylation sites is 1. The van der Waals surface area contributed by atoms with Crippen molar-refractivity contribution in [3.8, 4) is 11.1 Å². The summed E-state index contributed by atoms with van der Waals surface area (Å²) in [5.41, 5.74) is 26.9. The smallest absolute Gasteiger partial charge is 0.0545 e. The fourth-order valence-corrected chi connectivity index (χ4v) is 16.9. The second-order valence-electron chi connectivity index (χ2n) is 27.3. The van der Waals surface area contributed by atoms with E-state index in [1.807, 2.05) is 0 Å². The molecule has 10 aromatic rings. The van der Waals surface area contributed by atoms with Gasteiger partial charge in [-0.3, -0.25) is 0 Å². The molecule has 0 amide bonds. The van der Waals surface area contributed by atoms with E-state index in [4.69, 9.17) is 0 Å². The highest BCUT2D eigenvalue weighted by Crippen LogP contribution is 2.68. The summed E-state index contributed by atoms with van der Waals surface area (Å²) in [5, 5.41) is 4.98. The molecule has 3 heterocycles. The van der Waals surface area contributed by atoms with Crippen molar-refractivity contribution in [2.45, 2.75) is 128 Å². The molecule has 6 aliphatic rings. The van der Waals surface area contributed by atoms with E-state index in [-0.39, 0.29) is 21.7 Å². The molecule has 1 saturated carbocycles. The second-order valence-corrected chi connectivity index (χ2v) is 27.3. The molecule has 3 aliphatic heterocycles. The minimum atomic E-state index is -0.423. The molecule has 3 nitrogen and oxygen atoms in total. The lowest BCUT2D eigenvalue weighted by molar-refractivity contribution is 0.233. The standard InChI is InChI=1S/C77H71N3/c1-73(2)60-26-17-15-24-56(60)58-36-34-52(40-64(58)73)78(50-32-30-46-20-11-13-22-48(46)38-50)54-42-66-71-68(44-54)77(9,10)69-45-55(43-67-72(69)80(71)70-62(75(66,5)6)28-19-29-63(70)76(67,7)8)79(51-33-31-47-21-12-14-23-49(47)39-51)53-35-37-59-57-25-16-18-27-61(57)74(3,4)65(59)41-53/h11-15,17,19-24,26,28-45,57,61H,16,18,25,27H2,1-10H3. The Morgan fingerprint density at radius 2 is 0.725 bits per heavy atom. The Balaban J connectivity index is 0.952. The second kappa shape index (κ2) is 16.2. The molecule has 80 heavy (non-hydrogen) atoms. The van der Waals surface area contributed by atoms with Gasteiger partial charge in [0.1, 0.15) is 0 Å². The van der Waals surface area contributed by atoms with E-state index in [0.717, 1.165) is 5.69 Å². The highest BCUT2D eigenvalue weighted by atomic mass is 15.2. The summed E-state index contributed by atoms with van der Waals surface area (Å²) in [5.74, 6) is 1.33. The van der Waals surface area contributed by atoms with Crippen molar-refractivity contribution in [1.82, 2.24) is 0 Å². The fraction of sp³-hybridized carbons (Fsp3) is 0.273. The van der Waals surface area contributed by atoms with Gasteiger partial charge in [0, 0.05) is 55.8 Å². The van der Waals surface area contributed by atoms with Crippen LogP contribution in [0.5, 0.6) is 0 Å². The molecule has 0 bridgehead atoms. The lowest BCUT2D eigenvalue weighted by atomic mass is 9.60. The van der Waals surface area contributed by atoms with Crippen LogP contribution >= 0.6 is 0 Å². The molecule has 2 atom stereocenters. The van der Waals surface area contributed by atoms with Crippen LogP contribution in [0.1, 0.15) is 156 Å². The van der Waals surface area contributed by atoms with Crippen LogP contribution in [-0.2, 0) is 27.1 Å². The molecule has 0 N–H and O–H groups in total. The minimum Gasteiger partial charge on any atom is -0.310 e. The van der Waals surface area contributed by atoms with Gasteiger partial charge in [0.25, 0.3) is 0 Å². The fourth-order valence-electron chi connectivity index (χ4n) is 16.9. The minimum absolute atomic E-state index is 0.0988. The van der Waals surface area contributed by atoms with E-state index in [0.29, 0.717) is 11.8 Å². The van der Waals surface area contributed by atoms with E-state index in [1.54, 1.807) is 5.56 Å². The van der Waals surface area contributed by atoms with Gasteiger partial charge in [-0.15, -0.1) is 0 Å². The third kappa shape index (κ3) is 6.33. The quantitative estimate of drug-likeness (QED) is 0.164. The van der Waals surface area contributed by atoms with Crippen LogP contribution in [0, 0.1) is 5.92 Å². The molecule has 0 spiro atoms. The highest BCUT2D eigenvalue weighted by molar-refractivity contribution is 6.02. The molecule has 2 unspecified atom stereocenters. The topological polar surface area (TPSA) is 9.72 Å². The Hall–Kier alpha value is -7.88. The summed E-state index contributed by atoms with van der Waals surface area (Å²) >= 11 is 0. The lowest BCUT2D eigenvalue weighted by Crippen LogP contribution is -2.44. The van der Waals surface area contributed by atoms with Crippen LogP contribution < -0.4 is 14.7 Å². The number of rotatable bonds is 6. The number of anilines is 9.